The molecule has 1 atom stereocenters. The molecule has 0 bridgehead atoms. The fourth-order valence-electron chi connectivity index (χ4n) is 3.13. The van der Waals surface area contributed by atoms with Gasteiger partial charge in [-0.25, -0.2) is 0 Å². The molecule has 1 heterocycles. The van der Waals surface area contributed by atoms with E-state index in [-0.39, 0.29) is 0 Å². The molecule has 2 N–H and O–H groups in total. The van der Waals surface area contributed by atoms with Gasteiger partial charge in [0.15, 0.2) is 5.96 Å². The number of benzene rings is 1. The molecule has 0 saturated carbocycles. The molecule has 0 amide bonds. The summed E-state index contributed by atoms with van der Waals surface area (Å²) in [7, 11) is 0. The van der Waals surface area contributed by atoms with Crippen LogP contribution in [0.25, 0.3) is 0 Å². The average molecular weight is 362 g/mol. The highest BCUT2D eigenvalue weighted by Gasteiger charge is 2.14. The van der Waals surface area contributed by atoms with E-state index in [0.29, 0.717) is 6.10 Å². The Balaban J connectivity index is 1.63. The van der Waals surface area contributed by atoms with Crippen molar-refractivity contribution in [3.63, 3.8) is 0 Å². The van der Waals surface area contributed by atoms with Crippen molar-refractivity contribution in [2.45, 2.75) is 52.6 Å². The summed E-state index contributed by atoms with van der Waals surface area (Å²) >= 11 is 0. The minimum atomic E-state index is 0.308. The van der Waals surface area contributed by atoms with Crippen molar-refractivity contribution < 1.29 is 9.47 Å². The van der Waals surface area contributed by atoms with Crippen molar-refractivity contribution in [1.82, 2.24) is 10.6 Å². The van der Waals surface area contributed by atoms with Crippen LogP contribution in [0.1, 0.15) is 42.9 Å². The summed E-state index contributed by atoms with van der Waals surface area (Å²) < 4.78 is 11.2. The van der Waals surface area contributed by atoms with Crippen LogP contribution in [-0.2, 0) is 15.9 Å². The second-order valence-electron chi connectivity index (χ2n) is 6.93. The first-order valence-corrected chi connectivity index (χ1v) is 9.96. The van der Waals surface area contributed by atoms with Gasteiger partial charge in [0.05, 0.1) is 12.7 Å². The molecule has 1 aromatic rings. The zero-order valence-electron chi connectivity index (χ0n) is 16.6. The van der Waals surface area contributed by atoms with Gasteiger partial charge in [0.1, 0.15) is 0 Å². The van der Waals surface area contributed by atoms with Crippen molar-refractivity contribution in [2.24, 2.45) is 4.99 Å². The molecule has 26 heavy (non-hydrogen) atoms. The minimum absolute atomic E-state index is 0.308. The number of nitrogens with one attached hydrogen (secondary N) is 2. The Morgan fingerprint density at radius 1 is 1.31 bits per heavy atom. The minimum Gasteiger partial charge on any atom is -0.379 e. The van der Waals surface area contributed by atoms with Crippen LogP contribution in [0.2, 0.25) is 0 Å². The fraction of sp³-hybridized carbons (Fsp3) is 0.667. The second-order valence-corrected chi connectivity index (χ2v) is 6.93. The van der Waals surface area contributed by atoms with Gasteiger partial charge in [-0.3, -0.25) is 4.99 Å². The summed E-state index contributed by atoms with van der Waals surface area (Å²) in [6, 6.07) is 6.64. The molecule has 0 radical (unpaired) electrons. The number of guanidine groups is 1. The van der Waals surface area contributed by atoms with Crippen molar-refractivity contribution in [2.75, 3.05) is 39.5 Å². The number of ether oxygens (including phenoxy) is 2. The van der Waals surface area contributed by atoms with Crippen LogP contribution in [0.4, 0.5) is 0 Å². The Kier molecular flexibility index (Phi) is 9.50. The Hall–Kier alpha value is -1.59. The number of hydrogen-bond donors (Lipinski definition) is 2. The third-order valence-corrected chi connectivity index (χ3v) is 4.57. The van der Waals surface area contributed by atoms with E-state index in [4.69, 9.17) is 9.47 Å². The molecule has 2 rings (SSSR count). The van der Waals surface area contributed by atoms with Crippen LogP contribution in [-0.4, -0.2) is 51.5 Å². The Morgan fingerprint density at radius 3 is 2.92 bits per heavy atom. The molecule has 1 aliphatic rings. The normalized spacial score (nSPS) is 17.5. The Labute approximate surface area is 158 Å². The first-order valence-electron chi connectivity index (χ1n) is 9.96. The lowest BCUT2D eigenvalue weighted by Crippen LogP contribution is -2.38. The summed E-state index contributed by atoms with van der Waals surface area (Å²) in [6.45, 7) is 11.3. The van der Waals surface area contributed by atoms with Crippen molar-refractivity contribution in [3.05, 3.63) is 34.9 Å². The molecule has 1 saturated heterocycles. The van der Waals surface area contributed by atoms with E-state index in [1.165, 1.54) is 16.7 Å². The molecule has 5 nitrogen and oxygen atoms in total. The molecule has 5 heteroatoms. The highest BCUT2D eigenvalue weighted by molar-refractivity contribution is 5.79. The van der Waals surface area contributed by atoms with E-state index >= 15 is 0 Å². The van der Waals surface area contributed by atoms with Crippen LogP contribution in [0.3, 0.4) is 0 Å². The monoisotopic (exact) mass is 361 g/mol. The van der Waals surface area contributed by atoms with Crippen LogP contribution in [0, 0.1) is 13.8 Å². The van der Waals surface area contributed by atoms with E-state index in [0.717, 1.165) is 71.1 Å². The zero-order valence-corrected chi connectivity index (χ0v) is 16.6. The first kappa shape index (κ1) is 20.7. The molecule has 1 aliphatic heterocycles. The van der Waals surface area contributed by atoms with Crippen LogP contribution in [0.5, 0.6) is 0 Å². The first-order chi connectivity index (χ1) is 12.7. The number of hydrogen-bond acceptors (Lipinski definition) is 3. The average Bonchev–Trinajstić information content (AvgIpc) is 3.13. The van der Waals surface area contributed by atoms with Gasteiger partial charge in [0, 0.05) is 32.8 Å². The summed E-state index contributed by atoms with van der Waals surface area (Å²) in [5.41, 5.74) is 4.06. The third kappa shape index (κ3) is 7.75. The van der Waals surface area contributed by atoms with Crippen LogP contribution >= 0.6 is 0 Å². The highest BCUT2D eigenvalue weighted by atomic mass is 16.5. The number of rotatable bonds is 10. The lowest BCUT2D eigenvalue weighted by molar-refractivity contribution is 0.0171. The molecule has 0 aliphatic carbocycles. The van der Waals surface area contributed by atoms with E-state index in [2.05, 4.69) is 54.6 Å². The van der Waals surface area contributed by atoms with Gasteiger partial charge in [0.2, 0.25) is 0 Å². The lowest BCUT2D eigenvalue weighted by Gasteiger charge is -2.13. The van der Waals surface area contributed by atoms with Crippen LogP contribution in [0.15, 0.2) is 23.2 Å². The van der Waals surface area contributed by atoms with Gasteiger partial charge in [-0.15, -0.1) is 0 Å². The maximum Gasteiger partial charge on any atom is 0.191 e. The third-order valence-electron chi connectivity index (χ3n) is 4.57. The quantitative estimate of drug-likeness (QED) is 0.382. The topological polar surface area (TPSA) is 54.9 Å². The second kappa shape index (κ2) is 11.9. The van der Waals surface area contributed by atoms with Gasteiger partial charge < -0.3 is 20.1 Å². The van der Waals surface area contributed by atoms with E-state index in [1.54, 1.807) is 0 Å². The summed E-state index contributed by atoms with van der Waals surface area (Å²) in [5, 5.41) is 6.73. The van der Waals surface area contributed by atoms with Crippen molar-refractivity contribution >= 4 is 5.96 Å². The zero-order chi connectivity index (χ0) is 18.6. The maximum absolute atomic E-state index is 5.69. The van der Waals surface area contributed by atoms with E-state index in [1.807, 2.05) is 0 Å². The highest BCUT2D eigenvalue weighted by Crippen LogP contribution is 2.12. The Bertz CT molecular complexity index is 554. The Morgan fingerprint density at radius 2 is 2.19 bits per heavy atom. The predicted molar refractivity (Wildman–Crippen MR) is 108 cm³/mol. The van der Waals surface area contributed by atoms with E-state index in [9.17, 15) is 0 Å². The predicted octanol–water partition coefficient (Wildman–Crippen LogP) is 2.99. The van der Waals surface area contributed by atoms with Gasteiger partial charge in [-0.05, 0) is 57.6 Å². The smallest absolute Gasteiger partial charge is 0.191 e. The van der Waals surface area contributed by atoms with E-state index < -0.39 is 0 Å². The van der Waals surface area contributed by atoms with Gasteiger partial charge in [-0.2, -0.15) is 0 Å². The number of aliphatic imine (C=N–C) groups is 1. The van der Waals surface area contributed by atoms with Gasteiger partial charge >= 0.3 is 0 Å². The van der Waals surface area contributed by atoms with Crippen LogP contribution < -0.4 is 10.6 Å². The summed E-state index contributed by atoms with van der Waals surface area (Å²) in [6.07, 6.45) is 4.54. The van der Waals surface area contributed by atoms with Gasteiger partial charge in [0.25, 0.3) is 0 Å². The lowest BCUT2D eigenvalue weighted by atomic mass is 10.0. The molecule has 1 unspecified atom stereocenters. The summed E-state index contributed by atoms with van der Waals surface area (Å²) in [5.74, 6) is 0.886. The molecule has 1 aromatic carbocycles. The molecule has 1 fully saturated rings. The summed E-state index contributed by atoms with van der Waals surface area (Å²) in [4.78, 5) is 4.63. The molecular weight excluding hydrogens is 326 g/mol. The molecular formula is C21H35N3O2. The SMILES string of the molecule is CCNC(=NCCCOCC1CCCO1)NCCc1ccc(C)cc1C. The maximum atomic E-state index is 5.69. The number of aryl methyl sites for hydroxylation is 2. The standard InChI is InChI=1S/C21H35N3O2/c1-4-22-21(23-11-6-13-25-16-20-7-5-14-26-20)24-12-10-19-9-8-17(2)15-18(19)3/h8-9,15,20H,4-7,10-14,16H2,1-3H3,(H2,22,23,24). The largest absolute Gasteiger partial charge is 0.379 e. The fourth-order valence-corrected chi connectivity index (χ4v) is 3.13. The number of nitrogens with zero attached hydrogens (tertiary/aromatic N) is 1. The molecule has 0 spiro atoms. The molecule has 0 aromatic heterocycles. The molecule has 146 valence electrons. The van der Waals surface area contributed by atoms with Gasteiger partial charge in [-0.1, -0.05) is 23.8 Å². The van der Waals surface area contributed by atoms with Crippen molar-refractivity contribution in [3.8, 4) is 0 Å². The van der Waals surface area contributed by atoms with Crippen molar-refractivity contribution in [1.29, 1.82) is 0 Å².